The number of ketones is 1. The number of amides is 2. The van der Waals surface area contributed by atoms with Crippen LogP contribution in [-0.2, 0) is 14.3 Å². The van der Waals surface area contributed by atoms with Crippen molar-refractivity contribution in [3.8, 4) is 0 Å². The second kappa shape index (κ2) is 11.2. The molecule has 0 bridgehead atoms. The highest BCUT2D eigenvalue weighted by molar-refractivity contribution is 6.00. The quantitative estimate of drug-likeness (QED) is 0.284. The van der Waals surface area contributed by atoms with Crippen LogP contribution < -0.4 is 16.0 Å². The molecule has 1 saturated heterocycles. The summed E-state index contributed by atoms with van der Waals surface area (Å²) in [6, 6.07) is 4.71. The molecule has 1 unspecified atom stereocenters. The van der Waals surface area contributed by atoms with Crippen LogP contribution >= 0.6 is 0 Å². The van der Waals surface area contributed by atoms with E-state index in [2.05, 4.69) is 16.0 Å². The lowest BCUT2D eigenvalue weighted by atomic mass is 9.92. The van der Waals surface area contributed by atoms with Gasteiger partial charge in [-0.15, -0.1) is 0 Å². The predicted octanol–water partition coefficient (Wildman–Crippen LogP) is 0.461. The maximum absolute atomic E-state index is 12.8. The van der Waals surface area contributed by atoms with Crippen molar-refractivity contribution in [3.05, 3.63) is 29.8 Å². The van der Waals surface area contributed by atoms with Crippen LogP contribution in [0.1, 0.15) is 44.0 Å². The van der Waals surface area contributed by atoms with E-state index in [9.17, 15) is 24.6 Å². The van der Waals surface area contributed by atoms with Crippen LogP contribution in [0.2, 0.25) is 0 Å². The average Bonchev–Trinajstić information content (AvgIpc) is 3.56. The van der Waals surface area contributed by atoms with Crippen molar-refractivity contribution < 1.29 is 29.3 Å². The fraction of sp³-hybridized carbons (Fsp3) is 0.591. The third-order valence-corrected chi connectivity index (χ3v) is 5.05. The topological polar surface area (TPSA) is 140 Å². The summed E-state index contributed by atoms with van der Waals surface area (Å²) in [5.41, 5.74) is -0.148. The van der Waals surface area contributed by atoms with Gasteiger partial charge in [0.15, 0.2) is 11.4 Å². The molecule has 1 aromatic carbocycles. The molecule has 5 N–H and O–H groups in total. The number of carbonyl (C=O) groups is 3. The largest absolute Gasteiger partial charge is 0.394 e. The number of Topliss-reactive ketones (excluding diaryl/α,β-unsaturated/α-hetero) is 1. The first kappa shape index (κ1) is 24.8. The second-order valence-electron chi connectivity index (χ2n) is 8.21. The molecule has 0 saturated carbocycles. The van der Waals surface area contributed by atoms with Gasteiger partial charge in [-0.3, -0.25) is 14.4 Å². The molecule has 0 aromatic heterocycles. The predicted molar refractivity (Wildman–Crippen MR) is 116 cm³/mol. The minimum Gasteiger partial charge on any atom is -0.394 e. The van der Waals surface area contributed by atoms with E-state index in [1.54, 1.807) is 18.2 Å². The molecule has 1 heterocycles. The molecule has 1 aromatic rings. The van der Waals surface area contributed by atoms with Gasteiger partial charge in [0.05, 0.1) is 25.9 Å². The Bertz CT molecular complexity index is 778. The van der Waals surface area contributed by atoms with Crippen LogP contribution in [0, 0.1) is 5.92 Å². The molecule has 1 aliphatic rings. The Morgan fingerprint density at radius 3 is 2.42 bits per heavy atom. The highest BCUT2D eigenvalue weighted by atomic mass is 16.6. The van der Waals surface area contributed by atoms with Crippen molar-refractivity contribution in [3.63, 3.8) is 0 Å². The van der Waals surface area contributed by atoms with Crippen LogP contribution in [0.5, 0.6) is 0 Å². The number of aliphatic hydroxyl groups excluding tert-OH is 2. The molecule has 3 atom stereocenters. The van der Waals surface area contributed by atoms with E-state index in [1.165, 1.54) is 0 Å². The lowest BCUT2D eigenvalue weighted by Gasteiger charge is -2.24. The summed E-state index contributed by atoms with van der Waals surface area (Å²) < 4.78 is 5.12. The minimum atomic E-state index is -1.27. The maximum atomic E-state index is 12.8. The number of aliphatic hydroxyl groups is 2. The monoisotopic (exact) mass is 435 g/mol. The summed E-state index contributed by atoms with van der Waals surface area (Å²) in [4.78, 5) is 38.1. The fourth-order valence-corrected chi connectivity index (χ4v) is 3.17. The Kier molecular flexibility index (Phi) is 8.97. The molecule has 0 spiro atoms. The van der Waals surface area contributed by atoms with Crippen LogP contribution in [0.25, 0.3) is 0 Å². The number of nitrogens with one attached hydrogen (secondary N) is 3. The standard InChI is InChI=1S/C22H33N3O6/c1-4-8-23-16-7-5-6-15(10-16)20(29)25-18(11-26)21(30)24-17(9-14(2)3)19(28)22(12-27)13-31-22/h5-7,10,14,17-18,23,26-27H,4,8-9,11-13H2,1-3H3,(H,24,30)(H,25,29)/t17-,18-,22?/m0/s1. The molecular formula is C22H33N3O6. The molecule has 1 aliphatic heterocycles. The van der Waals surface area contributed by atoms with Gasteiger partial charge < -0.3 is 30.9 Å². The molecular weight excluding hydrogens is 402 g/mol. The Morgan fingerprint density at radius 1 is 1.16 bits per heavy atom. The van der Waals surface area contributed by atoms with Gasteiger partial charge in [0.25, 0.3) is 5.91 Å². The van der Waals surface area contributed by atoms with Crippen LogP contribution in [0.3, 0.4) is 0 Å². The second-order valence-corrected chi connectivity index (χ2v) is 8.21. The summed E-state index contributed by atoms with van der Waals surface area (Å²) in [5, 5.41) is 27.4. The van der Waals surface area contributed by atoms with Gasteiger partial charge in [-0.25, -0.2) is 0 Å². The van der Waals surface area contributed by atoms with E-state index in [4.69, 9.17) is 4.74 Å². The average molecular weight is 436 g/mol. The molecule has 9 nitrogen and oxygen atoms in total. The summed E-state index contributed by atoms with van der Waals surface area (Å²) >= 11 is 0. The zero-order valence-electron chi connectivity index (χ0n) is 18.3. The Balaban J connectivity index is 2.05. The van der Waals surface area contributed by atoms with E-state index in [0.29, 0.717) is 12.0 Å². The Hall–Kier alpha value is -2.49. The number of anilines is 1. The summed E-state index contributed by atoms with van der Waals surface area (Å²) in [6.07, 6.45) is 1.27. The third-order valence-electron chi connectivity index (χ3n) is 5.05. The lowest BCUT2D eigenvalue weighted by Crippen LogP contribution is -2.55. The smallest absolute Gasteiger partial charge is 0.252 e. The molecule has 2 amide bonds. The first-order chi connectivity index (χ1) is 14.8. The molecule has 0 aliphatic carbocycles. The van der Waals surface area contributed by atoms with Crippen molar-refractivity contribution in [2.24, 2.45) is 5.92 Å². The summed E-state index contributed by atoms with van der Waals surface area (Å²) in [5.74, 6) is -1.51. The van der Waals surface area contributed by atoms with E-state index >= 15 is 0 Å². The Morgan fingerprint density at radius 2 is 1.87 bits per heavy atom. The fourth-order valence-electron chi connectivity index (χ4n) is 3.17. The van der Waals surface area contributed by atoms with Crippen LogP contribution in [0.15, 0.2) is 24.3 Å². The molecule has 172 valence electrons. The van der Waals surface area contributed by atoms with Crippen LogP contribution in [0.4, 0.5) is 5.69 Å². The molecule has 31 heavy (non-hydrogen) atoms. The molecule has 0 radical (unpaired) electrons. The normalized spacial score (nSPS) is 19.4. The number of ether oxygens (including phenoxy) is 1. The van der Waals surface area contributed by atoms with Gasteiger partial charge in [0.2, 0.25) is 5.91 Å². The van der Waals surface area contributed by atoms with Crippen molar-refractivity contribution >= 4 is 23.3 Å². The number of hydrogen-bond donors (Lipinski definition) is 5. The zero-order valence-corrected chi connectivity index (χ0v) is 18.3. The van der Waals surface area contributed by atoms with Gasteiger partial charge in [0, 0.05) is 17.8 Å². The molecule has 2 rings (SSSR count). The van der Waals surface area contributed by atoms with Gasteiger partial charge in [-0.2, -0.15) is 0 Å². The van der Waals surface area contributed by atoms with Crippen molar-refractivity contribution in [1.29, 1.82) is 0 Å². The van der Waals surface area contributed by atoms with Crippen molar-refractivity contribution in [1.82, 2.24) is 10.6 Å². The first-order valence-electron chi connectivity index (χ1n) is 10.6. The third kappa shape index (κ3) is 6.75. The van der Waals surface area contributed by atoms with E-state index in [-0.39, 0.29) is 12.5 Å². The maximum Gasteiger partial charge on any atom is 0.252 e. The van der Waals surface area contributed by atoms with Gasteiger partial charge in [0.1, 0.15) is 6.04 Å². The zero-order chi connectivity index (χ0) is 23.0. The van der Waals surface area contributed by atoms with E-state index < -0.39 is 48.5 Å². The minimum absolute atomic E-state index is 0.0873. The van der Waals surface area contributed by atoms with Gasteiger partial charge in [-0.05, 0) is 37.0 Å². The van der Waals surface area contributed by atoms with E-state index in [1.807, 2.05) is 26.8 Å². The summed E-state index contributed by atoms with van der Waals surface area (Å²) in [7, 11) is 0. The van der Waals surface area contributed by atoms with Crippen LogP contribution in [-0.4, -0.2) is 71.9 Å². The Labute approximate surface area is 182 Å². The number of benzene rings is 1. The highest BCUT2D eigenvalue weighted by Gasteiger charge is 2.54. The SMILES string of the molecule is CCCNc1cccc(C(=O)N[C@@H](CO)C(=O)N[C@@H](CC(C)C)C(=O)C2(CO)CO2)c1. The van der Waals surface area contributed by atoms with Crippen molar-refractivity contribution in [2.75, 3.05) is 31.7 Å². The summed E-state index contributed by atoms with van der Waals surface area (Å²) in [6.45, 7) is 5.61. The number of carbonyl (C=O) groups excluding carboxylic acids is 3. The van der Waals surface area contributed by atoms with Crippen molar-refractivity contribution in [2.45, 2.75) is 51.3 Å². The number of hydrogen-bond acceptors (Lipinski definition) is 7. The molecule has 9 heteroatoms. The number of rotatable bonds is 13. The number of epoxide rings is 1. The highest BCUT2D eigenvalue weighted by Crippen LogP contribution is 2.30. The first-order valence-corrected chi connectivity index (χ1v) is 10.6. The molecule has 1 fully saturated rings. The lowest BCUT2D eigenvalue weighted by molar-refractivity contribution is -0.133. The van der Waals surface area contributed by atoms with E-state index in [0.717, 1.165) is 18.7 Å². The van der Waals surface area contributed by atoms with Gasteiger partial charge >= 0.3 is 0 Å². The van der Waals surface area contributed by atoms with Gasteiger partial charge in [-0.1, -0.05) is 26.8 Å².